The monoisotopic (exact) mass is 481 g/mol. The van der Waals surface area contributed by atoms with Crippen molar-refractivity contribution in [3.63, 3.8) is 0 Å². The molecule has 1 fully saturated rings. The predicted octanol–water partition coefficient (Wildman–Crippen LogP) is 6.22. The Balaban J connectivity index is 4.23. The van der Waals surface area contributed by atoms with Crippen molar-refractivity contribution >= 4 is 0 Å². The largest absolute Gasteiger partial charge is 0.385 e. The molecule has 1 aliphatic rings. The van der Waals surface area contributed by atoms with E-state index in [1.807, 2.05) is 0 Å². The molecule has 0 heterocycles. The molecule has 0 unspecified atom stereocenters. The van der Waals surface area contributed by atoms with Crippen LogP contribution in [0, 0.1) is 6.17 Å². The molecule has 0 atom stereocenters. The zero-order valence-corrected chi connectivity index (χ0v) is 12.2. The average molecular weight is 481 g/mol. The Morgan fingerprint density at radius 3 is 0.586 bits per heavy atom. The van der Waals surface area contributed by atoms with E-state index >= 15 is 0 Å². The fourth-order valence-corrected chi connectivity index (χ4v) is 1.85. The highest BCUT2D eigenvalue weighted by Gasteiger charge is 3.00. The van der Waals surface area contributed by atoms with E-state index in [1.165, 1.54) is 0 Å². The zero-order valence-electron chi connectivity index (χ0n) is 12.2. The first-order valence-electron chi connectivity index (χ1n) is 6.09. The first-order valence-corrected chi connectivity index (χ1v) is 6.09. The molecule has 0 amide bonds. The van der Waals surface area contributed by atoms with Crippen LogP contribution in [-0.2, 0) is 0 Å². The maximum Gasteiger partial charge on any atom is 0.385 e. The van der Waals surface area contributed by atoms with E-state index in [1.54, 1.807) is 0 Å². The molecule has 0 aliphatic heterocycles. The maximum atomic E-state index is 13.1. The number of halogens is 19. The van der Waals surface area contributed by atoms with Crippen molar-refractivity contribution in [2.45, 2.75) is 53.3 Å². The highest BCUT2D eigenvalue weighted by atomic mass is 19.4. The van der Waals surface area contributed by atoms with Crippen molar-refractivity contribution in [3.05, 3.63) is 6.17 Å². The van der Waals surface area contributed by atoms with Crippen molar-refractivity contribution < 1.29 is 83.4 Å². The molecule has 1 aliphatic carbocycles. The second-order valence-corrected chi connectivity index (χ2v) is 5.48. The lowest BCUT2D eigenvalue weighted by atomic mass is 9.80. The van der Waals surface area contributed by atoms with Crippen LogP contribution in [0.25, 0.3) is 0 Å². The zero-order chi connectivity index (χ0) is 24.1. The van der Waals surface area contributed by atoms with E-state index < -0.39 is 59.5 Å². The van der Waals surface area contributed by atoms with Gasteiger partial charge in [0.15, 0.2) is 0 Å². The van der Waals surface area contributed by atoms with Gasteiger partial charge in [0.1, 0.15) is 0 Å². The van der Waals surface area contributed by atoms with E-state index in [9.17, 15) is 83.4 Å². The van der Waals surface area contributed by atoms with E-state index in [0.717, 1.165) is 0 Å². The van der Waals surface area contributed by atoms with Crippen LogP contribution < -0.4 is 0 Å². The van der Waals surface area contributed by atoms with E-state index in [4.69, 9.17) is 0 Å². The van der Waals surface area contributed by atoms with Crippen LogP contribution in [0.5, 0.6) is 0 Å². The van der Waals surface area contributed by atoms with Gasteiger partial charge < -0.3 is 0 Å². The Hall–Kier alpha value is -1.33. The molecule has 0 nitrogen and oxygen atoms in total. The Kier molecular flexibility index (Phi) is 5.03. The highest BCUT2D eigenvalue weighted by Crippen LogP contribution is 2.69. The molecule has 0 aromatic rings. The third-order valence-corrected chi connectivity index (χ3v) is 3.71. The summed E-state index contributed by atoms with van der Waals surface area (Å²) in [5.41, 5.74) is 0. The summed E-state index contributed by atoms with van der Waals surface area (Å²) in [6, 6.07) is 0. The van der Waals surface area contributed by atoms with Crippen LogP contribution >= 0.6 is 0 Å². The van der Waals surface area contributed by atoms with Crippen LogP contribution in [-0.4, -0.2) is 53.3 Å². The summed E-state index contributed by atoms with van der Waals surface area (Å²) >= 11 is 0. The lowest BCUT2D eigenvalue weighted by Crippen LogP contribution is -2.79. The molecular weight excluding hydrogens is 481 g/mol. The minimum atomic E-state index is -8.79. The van der Waals surface area contributed by atoms with Crippen molar-refractivity contribution in [1.29, 1.82) is 0 Å². The molecule has 0 saturated heterocycles. The van der Waals surface area contributed by atoms with Gasteiger partial charge in [-0.25, -0.2) is 4.39 Å². The van der Waals surface area contributed by atoms with Crippen LogP contribution in [0.3, 0.4) is 0 Å². The number of hydrogen-bond acceptors (Lipinski definition) is 0. The molecule has 0 N–H and O–H groups in total. The standard InChI is InChI=1S/C10F19/c11-1-2(12,13)4(16,17)6(20,21)8(24,25)10(28,29)9(26,27)7(22,23)5(18,19)3(1,14)15. The van der Waals surface area contributed by atoms with Crippen molar-refractivity contribution in [1.82, 2.24) is 0 Å². The first-order chi connectivity index (χ1) is 12.2. The molecule has 0 bridgehead atoms. The van der Waals surface area contributed by atoms with E-state index in [-0.39, 0.29) is 0 Å². The van der Waals surface area contributed by atoms with Gasteiger partial charge in [0.05, 0.1) is 0 Å². The molecular formula is C10F19. The molecule has 0 spiro atoms. The highest BCUT2D eigenvalue weighted by molar-refractivity contribution is 5.26. The third-order valence-electron chi connectivity index (χ3n) is 3.71. The summed E-state index contributed by atoms with van der Waals surface area (Å²) in [6.07, 6.45) is -5.89. The van der Waals surface area contributed by atoms with Gasteiger partial charge >= 0.3 is 53.3 Å². The Morgan fingerprint density at radius 2 is 0.414 bits per heavy atom. The topological polar surface area (TPSA) is 0 Å². The summed E-state index contributed by atoms with van der Waals surface area (Å²) in [4.78, 5) is 0. The van der Waals surface area contributed by atoms with Gasteiger partial charge in [0, 0.05) is 0 Å². The fraction of sp³-hybridized carbons (Fsp3) is 0.900. The second-order valence-electron chi connectivity index (χ2n) is 5.48. The minimum absolute atomic E-state index is 5.89. The predicted molar refractivity (Wildman–Crippen MR) is 48.9 cm³/mol. The van der Waals surface area contributed by atoms with Crippen LogP contribution in [0.1, 0.15) is 0 Å². The lowest BCUT2D eigenvalue weighted by molar-refractivity contribution is -0.474. The summed E-state index contributed by atoms with van der Waals surface area (Å²) < 4.78 is 248. The van der Waals surface area contributed by atoms with Gasteiger partial charge in [-0.1, -0.05) is 0 Å². The summed E-state index contributed by atoms with van der Waals surface area (Å²) in [5.74, 6) is -77.3. The van der Waals surface area contributed by atoms with Crippen molar-refractivity contribution in [3.8, 4) is 0 Å². The van der Waals surface area contributed by atoms with Crippen LogP contribution in [0.4, 0.5) is 83.4 Å². The summed E-state index contributed by atoms with van der Waals surface area (Å²) in [7, 11) is 0. The molecule has 29 heavy (non-hydrogen) atoms. The smallest absolute Gasteiger partial charge is 0.226 e. The molecule has 1 rings (SSSR count). The SMILES string of the molecule is F[C]1C(F)(F)C(F)(F)C(F)(F)C(F)(F)C(F)(F)C(F)(F)C(F)(F)C(F)(F)C1(F)F. The third kappa shape index (κ3) is 2.38. The molecule has 173 valence electrons. The average Bonchev–Trinajstić information content (AvgIpc) is 2.51. The molecule has 1 radical (unpaired) electrons. The van der Waals surface area contributed by atoms with E-state index in [0.29, 0.717) is 0 Å². The van der Waals surface area contributed by atoms with Gasteiger partial charge in [-0.15, -0.1) is 0 Å². The van der Waals surface area contributed by atoms with Crippen molar-refractivity contribution in [2.75, 3.05) is 0 Å². The summed E-state index contributed by atoms with van der Waals surface area (Å²) in [6.45, 7) is 0. The lowest BCUT2D eigenvalue weighted by Gasteiger charge is -2.47. The number of alkyl halides is 18. The minimum Gasteiger partial charge on any atom is -0.226 e. The molecule has 0 aromatic carbocycles. The molecule has 1 saturated carbocycles. The Morgan fingerprint density at radius 1 is 0.276 bits per heavy atom. The van der Waals surface area contributed by atoms with Crippen molar-refractivity contribution in [2.24, 2.45) is 0 Å². The van der Waals surface area contributed by atoms with Gasteiger partial charge in [0.25, 0.3) is 6.17 Å². The van der Waals surface area contributed by atoms with Crippen LogP contribution in [0.15, 0.2) is 0 Å². The number of hydrogen-bond donors (Lipinski definition) is 0. The van der Waals surface area contributed by atoms with Gasteiger partial charge in [-0.05, 0) is 0 Å². The van der Waals surface area contributed by atoms with Crippen LogP contribution in [0.2, 0.25) is 0 Å². The normalized spacial score (nSPS) is 33.6. The summed E-state index contributed by atoms with van der Waals surface area (Å²) in [5, 5.41) is 0. The van der Waals surface area contributed by atoms with Gasteiger partial charge in [0.2, 0.25) is 0 Å². The molecule has 19 heteroatoms. The fourth-order valence-electron chi connectivity index (χ4n) is 1.85. The van der Waals surface area contributed by atoms with Gasteiger partial charge in [-0.2, -0.15) is 79.0 Å². The Labute approximate surface area is 144 Å². The number of rotatable bonds is 0. The Bertz CT molecular complexity index is 602. The second kappa shape index (κ2) is 5.67. The van der Waals surface area contributed by atoms with E-state index in [2.05, 4.69) is 0 Å². The maximum absolute atomic E-state index is 13.1. The quantitative estimate of drug-likeness (QED) is 0.361. The molecule has 0 aromatic heterocycles. The van der Waals surface area contributed by atoms with Gasteiger partial charge in [-0.3, -0.25) is 0 Å². The first kappa shape index (κ1) is 25.7.